The van der Waals surface area contributed by atoms with Gasteiger partial charge in [0.2, 0.25) is 0 Å². The first-order valence-electron chi connectivity index (χ1n) is 4.03. The molecule has 3 nitrogen and oxygen atoms in total. The van der Waals surface area contributed by atoms with Crippen LogP contribution in [0.2, 0.25) is 0 Å². The van der Waals surface area contributed by atoms with Gasteiger partial charge in [-0.1, -0.05) is 0 Å². The highest BCUT2D eigenvalue weighted by Gasteiger charge is 2.21. The molecule has 1 heterocycles. The van der Waals surface area contributed by atoms with Crippen molar-refractivity contribution in [2.75, 3.05) is 31.1 Å². The summed E-state index contributed by atoms with van der Waals surface area (Å²) in [7, 11) is -0.577. The second kappa shape index (κ2) is 5.91. The Bertz CT molecular complexity index is 156. The Morgan fingerprint density at radius 2 is 2.33 bits per heavy atom. The van der Waals surface area contributed by atoms with Gasteiger partial charge in [-0.25, -0.2) is 0 Å². The molecule has 5 heteroatoms. The standard InChI is InChI=1S/C7H16N2OS.ClH/c1-7-6-11(10)5-4-9(7)3-2-8;/h7H,2-6,8H2,1H3;1H. The molecule has 1 aliphatic heterocycles. The van der Waals surface area contributed by atoms with Crippen molar-refractivity contribution in [3.63, 3.8) is 0 Å². The van der Waals surface area contributed by atoms with E-state index in [2.05, 4.69) is 11.8 Å². The largest absolute Gasteiger partial charge is 0.329 e. The van der Waals surface area contributed by atoms with Crippen LogP contribution in [0.3, 0.4) is 0 Å². The zero-order valence-corrected chi connectivity index (χ0v) is 9.00. The smallest absolute Gasteiger partial charge is 0.0388 e. The van der Waals surface area contributed by atoms with Crippen molar-refractivity contribution >= 4 is 23.2 Å². The minimum absolute atomic E-state index is 0. The molecular weight excluding hydrogens is 196 g/mol. The van der Waals surface area contributed by atoms with Crippen molar-refractivity contribution in [1.82, 2.24) is 4.90 Å². The number of halogens is 1. The van der Waals surface area contributed by atoms with Crippen LogP contribution in [-0.4, -0.2) is 46.3 Å². The molecule has 2 atom stereocenters. The summed E-state index contributed by atoms with van der Waals surface area (Å²) in [5, 5.41) is 0. The average molecular weight is 213 g/mol. The predicted octanol–water partition coefficient (Wildman–Crippen LogP) is -0.180. The number of hydrogen-bond donors (Lipinski definition) is 1. The molecule has 0 spiro atoms. The van der Waals surface area contributed by atoms with Crippen LogP contribution in [0.5, 0.6) is 0 Å². The van der Waals surface area contributed by atoms with Gasteiger partial charge >= 0.3 is 0 Å². The van der Waals surface area contributed by atoms with Crippen molar-refractivity contribution < 1.29 is 4.21 Å². The summed E-state index contributed by atoms with van der Waals surface area (Å²) in [6.07, 6.45) is 0. The first-order chi connectivity index (χ1) is 5.24. The summed E-state index contributed by atoms with van der Waals surface area (Å²) in [6, 6.07) is 0.452. The fourth-order valence-electron chi connectivity index (χ4n) is 1.40. The van der Waals surface area contributed by atoms with Gasteiger partial charge in [0.1, 0.15) is 0 Å². The minimum Gasteiger partial charge on any atom is -0.329 e. The fourth-order valence-corrected chi connectivity index (χ4v) is 2.75. The summed E-state index contributed by atoms with van der Waals surface area (Å²) in [5.41, 5.74) is 5.44. The van der Waals surface area contributed by atoms with Gasteiger partial charge in [0, 0.05) is 48.0 Å². The molecule has 12 heavy (non-hydrogen) atoms. The summed E-state index contributed by atoms with van der Waals surface area (Å²) in [5.74, 6) is 1.64. The summed E-state index contributed by atoms with van der Waals surface area (Å²) in [4.78, 5) is 2.31. The van der Waals surface area contributed by atoms with Crippen LogP contribution in [0.1, 0.15) is 6.92 Å². The van der Waals surface area contributed by atoms with E-state index in [1.807, 2.05) is 0 Å². The fraction of sp³-hybridized carbons (Fsp3) is 1.00. The van der Waals surface area contributed by atoms with E-state index in [-0.39, 0.29) is 12.4 Å². The highest BCUT2D eigenvalue weighted by atomic mass is 35.5. The summed E-state index contributed by atoms with van der Waals surface area (Å²) < 4.78 is 11.1. The van der Waals surface area contributed by atoms with Crippen molar-refractivity contribution in [3.05, 3.63) is 0 Å². The lowest BCUT2D eigenvalue weighted by Crippen LogP contribution is -2.46. The molecular formula is C7H17ClN2OS. The van der Waals surface area contributed by atoms with Crippen LogP contribution in [0.4, 0.5) is 0 Å². The van der Waals surface area contributed by atoms with E-state index < -0.39 is 10.8 Å². The first-order valence-corrected chi connectivity index (χ1v) is 5.52. The Morgan fingerprint density at radius 1 is 1.67 bits per heavy atom. The Morgan fingerprint density at radius 3 is 2.83 bits per heavy atom. The van der Waals surface area contributed by atoms with Crippen LogP contribution in [0, 0.1) is 0 Å². The van der Waals surface area contributed by atoms with Crippen LogP contribution in [-0.2, 0) is 10.8 Å². The van der Waals surface area contributed by atoms with Gasteiger partial charge in [-0.2, -0.15) is 0 Å². The molecule has 0 aromatic heterocycles. The van der Waals surface area contributed by atoms with Crippen LogP contribution >= 0.6 is 12.4 Å². The zero-order chi connectivity index (χ0) is 8.27. The van der Waals surface area contributed by atoms with Gasteiger partial charge in [-0.15, -0.1) is 12.4 Å². The Balaban J connectivity index is 0.00000121. The number of nitrogens with two attached hydrogens (primary N) is 1. The third kappa shape index (κ3) is 3.39. The molecule has 0 aliphatic carbocycles. The first kappa shape index (κ1) is 12.4. The number of rotatable bonds is 2. The Labute approximate surface area is 82.6 Å². The Hall–Kier alpha value is 0.360. The molecule has 0 aromatic rings. The second-order valence-corrected chi connectivity index (χ2v) is 4.61. The van der Waals surface area contributed by atoms with Crippen LogP contribution in [0.25, 0.3) is 0 Å². The highest BCUT2D eigenvalue weighted by Crippen LogP contribution is 2.06. The predicted molar refractivity (Wildman–Crippen MR) is 55.2 cm³/mol. The molecule has 1 fully saturated rings. The van der Waals surface area contributed by atoms with Crippen LogP contribution in [0.15, 0.2) is 0 Å². The maximum atomic E-state index is 11.1. The number of nitrogens with zero attached hydrogens (tertiary/aromatic N) is 1. The van der Waals surface area contributed by atoms with Gasteiger partial charge in [0.15, 0.2) is 0 Å². The SMILES string of the molecule is CC1CS(=O)CCN1CCN.Cl. The van der Waals surface area contributed by atoms with Crippen molar-refractivity contribution in [1.29, 1.82) is 0 Å². The lowest BCUT2D eigenvalue weighted by Gasteiger charge is -2.32. The highest BCUT2D eigenvalue weighted by molar-refractivity contribution is 7.85. The molecule has 0 saturated carbocycles. The molecule has 0 aromatic carbocycles. The van der Waals surface area contributed by atoms with Gasteiger partial charge in [-0.05, 0) is 6.92 Å². The monoisotopic (exact) mass is 212 g/mol. The van der Waals surface area contributed by atoms with Gasteiger partial charge in [0.05, 0.1) is 0 Å². The normalized spacial score (nSPS) is 31.2. The molecule has 0 bridgehead atoms. The lowest BCUT2D eigenvalue weighted by molar-refractivity contribution is 0.236. The third-order valence-electron chi connectivity index (χ3n) is 2.07. The quantitative estimate of drug-likeness (QED) is 0.691. The third-order valence-corrected chi connectivity index (χ3v) is 3.57. The molecule has 74 valence electrons. The van der Waals surface area contributed by atoms with E-state index in [4.69, 9.17) is 5.73 Å². The molecule has 1 saturated heterocycles. The average Bonchev–Trinajstić information content (AvgIpc) is 1.95. The van der Waals surface area contributed by atoms with Gasteiger partial charge < -0.3 is 5.73 Å². The second-order valence-electron chi connectivity index (χ2n) is 2.98. The van der Waals surface area contributed by atoms with Crippen LogP contribution < -0.4 is 5.73 Å². The van der Waals surface area contributed by atoms with E-state index in [1.54, 1.807) is 0 Å². The molecule has 2 unspecified atom stereocenters. The number of hydrogen-bond acceptors (Lipinski definition) is 3. The minimum atomic E-state index is -0.577. The molecule has 0 radical (unpaired) electrons. The van der Waals surface area contributed by atoms with Gasteiger partial charge in [0.25, 0.3) is 0 Å². The summed E-state index contributed by atoms with van der Waals surface area (Å²) >= 11 is 0. The van der Waals surface area contributed by atoms with Crippen molar-refractivity contribution in [3.8, 4) is 0 Å². The maximum Gasteiger partial charge on any atom is 0.0388 e. The zero-order valence-electron chi connectivity index (χ0n) is 7.36. The van der Waals surface area contributed by atoms with Crippen molar-refractivity contribution in [2.24, 2.45) is 5.73 Å². The maximum absolute atomic E-state index is 11.1. The summed E-state index contributed by atoms with van der Waals surface area (Å²) in [6.45, 7) is 4.72. The Kier molecular flexibility index (Phi) is 6.09. The molecule has 2 N–H and O–H groups in total. The van der Waals surface area contributed by atoms with Crippen molar-refractivity contribution in [2.45, 2.75) is 13.0 Å². The van der Waals surface area contributed by atoms with E-state index in [0.717, 1.165) is 24.6 Å². The van der Waals surface area contributed by atoms with E-state index in [0.29, 0.717) is 12.6 Å². The van der Waals surface area contributed by atoms with E-state index >= 15 is 0 Å². The molecule has 0 amide bonds. The topological polar surface area (TPSA) is 46.3 Å². The molecule has 1 aliphatic rings. The van der Waals surface area contributed by atoms with E-state index in [9.17, 15) is 4.21 Å². The molecule has 1 rings (SSSR count). The lowest BCUT2D eigenvalue weighted by atomic mass is 10.3. The van der Waals surface area contributed by atoms with E-state index in [1.165, 1.54) is 0 Å². The van der Waals surface area contributed by atoms with Gasteiger partial charge in [-0.3, -0.25) is 9.11 Å².